The van der Waals surface area contributed by atoms with Crippen LogP contribution in [0.25, 0.3) is 0 Å². The van der Waals surface area contributed by atoms with Crippen molar-refractivity contribution in [2.24, 2.45) is 4.99 Å². The Morgan fingerprint density at radius 1 is 1.32 bits per heavy atom. The molecule has 1 aromatic rings. The third kappa shape index (κ3) is 4.47. The van der Waals surface area contributed by atoms with Crippen molar-refractivity contribution in [3.8, 4) is 0 Å². The summed E-state index contributed by atoms with van der Waals surface area (Å²) in [5.41, 5.74) is 4.85. The topological polar surface area (TPSA) is 24.4 Å². The number of fused-ring (bicyclic) bond motifs is 1. The summed E-state index contributed by atoms with van der Waals surface area (Å²) >= 11 is 0. The van der Waals surface area contributed by atoms with Crippen LogP contribution in [0, 0.1) is 6.07 Å². The molecule has 4 radical (unpaired) electrons. The molecule has 4 heteroatoms. The average Bonchev–Trinajstić information content (AvgIpc) is 2.35. The van der Waals surface area contributed by atoms with Crippen molar-refractivity contribution in [1.82, 2.24) is 0 Å². The molecule has 0 bridgehead atoms. The molecule has 0 aliphatic carbocycles. The van der Waals surface area contributed by atoms with Crippen molar-refractivity contribution in [2.75, 3.05) is 12.4 Å². The van der Waals surface area contributed by atoms with Crippen LogP contribution in [0.3, 0.4) is 0 Å². The van der Waals surface area contributed by atoms with Crippen molar-refractivity contribution in [2.45, 2.75) is 46.6 Å². The van der Waals surface area contributed by atoms with Gasteiger partial charge in [0, 0.05) is 34.5 Å². The molecule has 1 aromatic carbocycles. The van der Waals surface area contributed by atoms with Gasteiger partial charge in [-0.1, -0.05) is 19.5 Å². The third-order valence-corrected chi connectivity index (χ3v) is 3.15. The number of rotatable bonds is 1. The Balaban J connectivity index is 0. The van der Waals surface area contributed by atoms with Gasteiger partial charge in [0.15, 0.2) is 0 Å². The monoisotopic (exact) mass is 429 g/mol. The number of benzene rings is 1. The molecule has 0 aromatic heterocycles. The van der Waals surface area contributed by atoms with Crippen LogP contribution in [-0.4, -0.2) is 21.2 Å². The Morgan fingerprint density at radius 2 is 1.95 bits per heavy atom. The van der Waals surface area contributed by atoms with Crippen molar-refractivity contribution in [3.05, 3.63) is 29.3 Å². The number of aliphatic imine (C=N–C) groups is 1. The standard InChI is InChI=1S/C14H19N2.CH4.B.Re/c1-10-5-6-11-9-12(15-4)7-8-13(11)14(2,3)16-10;;;/h7,9,15H,5-6H2,1-4H3;1H4;;/q-1;;;. The van der Waals surface area contributed by atoms with Crippen LogP contribution in [0.4, 0.5) is 5.69 Å². The summed E-state index contributed by atoms with van der Waals surface area (Å²) in [4.78, 5) is 4.77. The SMILES string of the molecule is C.CNc1c[c-]c2c(c1)CCC(C)=NC2(C)C.[B].[Re]. The van der Waals surface area contributed by atoms with E-state index < -0.39 is 0 Å². The maximum Gasteiger partial charge on any atom is 0.0580 e. The molecule has 0 amide bonds. The summed E-state index contributed by atoms with van der Waals surface area (Å²) in [5, 5.41) is 3.17. The van der Waals surface area contributed by atoms with Crippen LogP contribution in [0.2, 0.25) is 0 Å². The van der Waals surface area contributed by atoms with E-state index in [2.05, 4.69) is 38.2 Å². The molecule has 19 heavy (non-hydrogen) atoms. The van der Waals surface area contributed by atoms with Gasteiger partial charge in [0.05, 0.1) is 5.54 Å². The van der Waals surface area contributed by atoms with E-state index in [0.29, 0.717) is 0 Å². The minimum atomic E-state index is -0.137. The smallest absolute Gasteiger partial charge is 0.0580 e. The number of nitrogens with one attached hydrogen (secondary N) is 1. The molecule has 0 spiro atoms. The van der Waals surface area contributed by atoms with Crippen LogP contribution in [0.15, 0.2) is 17.1 Å². The first kappa shape index (κ1) is 20.7. The van der Waals surface area contributed by atoms with Crippen molar-refractivity contribution < 1.29 is 20.4 Å². The van der Waals surface area contributed by atoms with Gasteiger partial charge in [0.1, 0.15) is 0 Å². The number of hydrogen-bond donors (Lipinski definition) is 1. The Bertz CT molecular complexity index is 442. The first-order valence-electron chi connectivity index (χ1n) is 5.81. The molecule has 1 heterocycles. The van der Waals surface area contributed by atoms with E-state index >= 15 is 0 Å². The zero-order chi connectivity index (χ0) is 11.8. The molecular formula is C15H23BN2Re-. The van der Waals surface area contributed by atoms with Gasteiger partial charge in [-0.15, -0.1) is 17.2 Å². The predicted octanol–water partition coefficient (Wildman–Crippen LogP) is 3.42. The Morgan fingerprint density at radius 3 is 2.53 bits per heavy atom. The number of aryl methyl sites for hydroxylation is 1. The summed E-state index contributed by atoms with van der Waals surface area (Å²) in [6.45, 7) is 6.44. The maximum absolute atomic E-state index is 4.77. The summed E-state index contributed by atoms with van der Waals surface area (Å²) < 4.78 is 0. The van der Waals surface area contributed by atoms with Crippen LogP contribution < -0.4 is 5.32 Å². The molecule has 2 nitrogen and oxygen atoms in total. The normalized spacial score (nSPS) is 15.5. The van der Waals surface area contributed by atoms with E-state index in [1.54, 1.807) is 0 Å². The minimum absolute atomic E-state index is 0. The van der Waals surface area contributed by atoms with E-state index in [-0.39, 0.29) is 41.8 Å². The summed E-state index contributed by atoms with van der Waals surface area (Å²) in [6, 6.07) is 7.62. The zero-order valence-electron chi connectivity index (χ0n) is 11.5. The molecule has 1 aliphatic heterocycles. The summed E-state index contributed by atoms with van der Waals surface area (Å²) in [6.07, 6.45) is 2.12. The Hall–Kier alpha value is -0.583. The van der Waals surface area contributed by atoms with Gasteiger partial charge in [0.2, 0.25) is 0 Å². The van der Waals surface area contributed by atoms with E-state index in [1.165, 1.54) is 16.8 Å². The Labute approximate surface area is 133 Å². The van der Waals surface area contributed by atoms with E-state index in [0.717, 1.165) is 18.5 Å². The average molecular weight is 428 g/mol. The number of nitrogens with zero attached hydrogens (tertiary/aromatic N) is 1. The van der Waals surface area contributed by atoms with Crippen molar-refractivity contribution in [1.29, 1.82) is 0 Å². The summed E-state index contributed by atoms with van der Waals surface area (Å²) in [5.74, 6) is 0. The first-order chi connectivity index (χ1) is 7.53. The zero-order valence-corrected chi connectivity index (χ0v) is 14.2. The molecule has 1 aliphatic rings. The predicted molar refractivity (Wildman–Crippen MR) is 81.8 cm³/mol. The molecule has 0 atom stereocenters. The van der Waals surface area contributed by atoms with Gasteiger partial charge in [-0.25, -0.2) is 0 Å². The second-order valence-corrected chi connectivity index (χ2v) is 4.94. The number of hydrogen-bond acceptors (Lipinski definition) is 2. The van der Waals surface area contributed by atoms with Gasteiger partial charge in [-0.3, -0.25) is 4.99 Å². The van der Waals surface area contributed by atoms with Gasteiger partial charge >= 0.3 is 0 Å². The molecule has 1 N–H and O–H groups in total. The first-order valence-corrected chi connectivity index (χ1v) is 5.81. The molecule has 104 valence electrons. The van der Waals surface area contributed by atoms with E-state index in [1.807, 2.05) is 13.1 Å². The van der Waals surface area contributed by atoms with Crippen LogP contribution in [-0.2, 0) is 32.4 Å². The van der Waals surface area contributed by atoms with Crippen molar-refractivity contribution >= 4 is 19.8 Å². The van der Waals surface area contributed by atoms with E-state index in [9.17, 15) is 0 Å². The fourth-order valence-electron chi connectivity index (χ4n) is 2.36. The van der Waals surface area contributed by atoms with Crippen LogP contribution in [0.5, 0.6) is 0 Å². The summed E-state index contributed by atoms with van der Waals surface area (Å²) in [7, 11) is 1.94. The Kier molecular flexibility index (Phi) is 8.59. The number of anilines is 1. The second-order valence-electron chi connectivity index (χ2n) is 4.94. The molecule has 0 unspecified atom stereocenters. The van der Waals surface area contributed by atoms with Crippen LogP contribution in [0.1, 0.15) is 45.7 Å². The third-order valence-electron chi connectivity index (χ3n) is 3.15. The van der Waals surface area contributed by atoms with Gasteiger partial charge in [0.25, 0.3) is 0 Å². The van der Waals surface area contributed by atoms with Gasteiger partial charge in [-0.05, 0) is 34.2 Å². The minimum Gasteiger partial charge on any atom is -0.439 e. The molecule has 0 saturated carbocycles. The largest absolute Gasteiger partial charge is 0.439 e. The molecule has 0 saturated heterocycles. The quantitative estimate of drug-likeness (QED) is 0.538. The van der Waals surface area contributed by atoms with Gasteiger partial charge in [-0.2, -0.15) is 12.1 Å². The molecular weight excluding hydrogens is 405 g/mol. The maximum atomic E-state index is 4.77. The van der Waals surface area contributed by atoms with Crippen LogP contribution >= 0.6 is 0 Å². The van der Waals surface area contributed by atoms with Gasteiger partial charge < -0.3 is 5.32 Å². The molecule has 0 fully saturated rings. The fraction of sp³-hybridized carbons (Fsp3) is 0.533. The fourth-order valence-corrected chi connectivity index (χ4v) is 2.36. The van der Waals surface area contributed by atoms with Crippen molar-refractivity contribution in [3.63, 3.8) is 0 Å². The molecule has 2 rings (SSSR count). The second kappa shape index (κ2) is 7.87. The van der Waals surface area contributed by atoms with E-state index in [4.69, 9.17) is 4.99 Å².